The van der Waals surface area contributed by atoms with Crippen molar-refractivity contribution in [1.82, 2.24) is 5.32 Å². The first-order valence-corrected chi connectivity index (χ1v) is 12.1. The maximum atomic E-state index is 11.9. The molecule has 0 bridgehead atoms. The second-order valence-electron chi connectivity index (χ2n) is 9.41. The fraction of sp³-hybridized carbons (Fsp3) is 0.958. The monoisotopic (exact) mass is 413 g/mol. The topological polar surface area (TPSA) is 67.8 Å². The Kier molecular flexibility index (Phi) is 13.6. The van der Waals surface area contributed by atoms with Crippen molar-refractivity contribution < 1.29 is 19.4 Å². The highest BCUT2D eigenvalue weighted by molar-refractivity contribution is 5.67. The minimum atomic E-state index is -0.511. The van der Waals surface area contributed by atoms with Gasteiger partial charge in [0.25, 0.3) is 0 Å². The SMILES string of the molecule is CCCCCCCCCCCCCCCNC(=O)OC[C@@]1(C)CC[C@@](C)(CO)O1. The van der Waals surface area contributed by atoms with Crippen molar-refractivity contribution in [1.29, 1.82) is 0 Å². The number of amides is 1. The van der Waals surface area contributed by atoms with Crippen molar-refractivity contribution in [3.05, 3.63) is 0 Å². The first-order chi connectivity index (χ1) is 13.9. The molecule has 0 aromatic rings. The van der Waals surface area contributed by atoms with Gasteiger partial charge in [-0.1, -0.05) is 84.0 Å². The summed E-state index contributed by atoms with van der Waals surface area (Å²) in [5.41, 5.74) is -1.01. The number of aliphatic hydroxyl groups is 1. The van der Waals surface area contributed by atoms with Gasteiger partial charge in [0.1, 0.15) is 12.2 Å². The molecular weight excluding hydrogens is 366 g/mol. The average Bonchev–Trinajstić information content (AvgIpc) is 3.03. The molecule has 172 valence electrons. The Labute approximate surface area is 179 Å². The first-order valence-electron chi connectivity index (χ1n) is 12.1. The van der Waals surface area contributed by atoms with Crippen molar-refractivity contribution in [2.45, 2.75) is 128 Å². The number of hydrogen-bond donors (Lipinski definition) is 2. The summed E-state index contributed by atoms with van der Waals surface area (Å²) in [5, 5.41) is 12.2. The number of ether oxygens (including phenoxy) is 2. The maximum absolute atomic E-state index is 11.9. The Bertz CT molecular complexity index is 431. The van der Waals surface area contributed by atoms with E-state index in [1.54, 1.807) is 0 Å². The zero-order chi connectivity index (χ0) is 21.4. The number of hydrogen-bond acceptors (Lipinski definition) is 4. The summed E-state index contributed by atoms with van der Waals surface area (Å²) in [6.07, 6.45) is 18.4. The highest BCUT2D eigenvalue weighted by Gasteiger charge is 2.44. The molecule has 5 heteroatoms. The smallest absolute Gasteiger partial charge is 0.407 e. The summed E-state index contributed by atoms with van der Waals surface area (Å²) in [7, 11) is 0. The van der Waals surface area contributed by atoms with E-state index in [0.717, 1.165) is 25.7 Å². The van der Waals surface area contributed by atoms with Crippen LogP contribution in [0.15, 0.2) is 0 Å². The second-order valence-corrected chi connectivity index (χ2v) is 9.41. The minimum Gasteiger partial charge on any atom is -0.447 e. The van der Waals surface area contributed by atoms with Crippen molar-refractivity contribution in [3.63, 3.8) is 0 Å². The molecule has 1 rings (SSSR count). The Morgan fingerprint density at radius 3 is 1.83 bits per heavy atom. The molecule has 0 radical (unpaired) electrons. The van der Waals surface area contributed by atoms with E-state index < -0.39 is 11.2 Å². The fourth-order valence-corrected chi connectivity index (χ4v) is 4.04. The van der Waals surface area contributed by atoms with Gasteiger partial charge >= 0.3 is 6.09 Å². The molecule has 2 atom stereocenters. The van der Waals surface area contributed by atoms with Crippen LogP contribution < -0.4 is 5.32 Å². The number of alkyl carbamates (subject to hydrolysis) is 1. The van der Waals surface area contributed by atoms with Gasteiger partial charge < -0.3 is 19.9 Å². The summed E-state index contributed by atoms with van der Waals surface area (Å²) in [5.74, 6) is 0. The molecule has 1 fully saturated rings. The largest absolute Gasteiger partial charge is 0.447 e. The van der Waals surface area contributed by atoms with Crippen molar-refractivity contribution in [2.24, 2.45) is 0 Å². The second kappa shape index (κ2) is 15.1. The molecule has 1 saturated heterocycles. The van der Waals surface area contributed by atoms with Crippen LogP contribution >= 0.6 is 0 Å². The quantitative estimate of drug-likeness (QED) is 0.282. The molecule has 29 heavy (non-hydrogen) atoms. The van der Waals surface area contributed by atoms with Crippen LogP contribution in [0.2, 0.25) is 0 Å². The number of carbonyl (C=O) groups excluding carboxylic acids is 1. The number of nitrogens with one attached hydrogen (secondary N) is 1. The third kappa shape index (κ3) is 12.5. The van der Waals surface area contributed by atoms with Crippen LogP contribution in [0.4, 0.5) is 4.79 Å². The molecular formula is C24H47NO4. The molecule has 5 nitrogen and oxygen atoms in total. The molecule has 1 aliphatic heterocycles. The summed E-state index contributed by atoms with van der Waals surface area (Å²) < 4.78 is 11.2. The predicted octanol–water partition coefficient (Wildman–Crippen LogP) is 6.12. The summed E-state index contributed by atoms with van der Waals surface area (Å²) in [4.78, 5) is 11.9. The predicted molar refractivity (Wildman–Crippen MR) is 119 cm³/mol. The summed E-state index contributed by atoms with van der Waals surface area (Å²) in [6, 6.07) is 0. The van der Waals surface area contributed by atoms with Crippen LogP contribution in [0.1, 0.15) is 117 Å². The minimum absolute atomic E-state index is 0.00612. The summed E-state index contributed by atoms with van der Waals surface area (Å²) in [6.45, 7) is 6.99. The lowest BCUT2D eigenvalue weighted by Gasteiger charge is -2.28. The molecule has 0 spiro atoms. The Hall–Kier alpha value is -0.810. The zero-order valence-electron chi connectivity index (χ0n) is 19.4. The van der Waals surface area contributed by atoms with Crippen molar-refractivity contribution >= 4 is 6.09 Å². The third-order valence-corrected chi connectivity index (χ3v) is 6.07. The van der Waals surface area contributed by atoms with Gasteiger partial charge in [0.2, 0.25) is 0 Å². The van der Waals surface area contributed by atoms with Gasteiger partial charge in [0.05, 0.1) is 12.2 Å². The van der Waals surface area contributed by atoms with Gasteiger partial charge in [-0.05, 0) is 33.1 Å². The maximum Gasteiger partial charge on any atom is 0.407 e. The Balaban J connectivity index is 1.87. The lowest BCUT2D eigenvalue weighted by Crippen LogP contribution is -2.39. The van der Waals surface area contributed by atoms with Gasteiger partial charge in [-0.2, -0.15) is 0 Å². The molecule has 2 N–H and O–H groups in total. The van der Waals surface area contributed by atoms with Crippen LogP contribution in [-0.4, -0.2) is 42.2 Å². The van der Waals surface area contributed by atoms with Crippen LogP contribution in [0.5, 0.6) is 0 Å². The van der Waals surface area contributed by atoms with Gasteiger partial charge in [-0.3, -0.25) is 0 Å². The number of aliphatic hydroxyl groups excluding tert-OH is 1. The molecule has 0 aromatic carbocycles. The first kappa shape index (κ1) is 26.2. The Morgan fingerprint density at radius 2 is 1.34 bits per heavy atom. The molecule has 0 aliphatic carbocycles. The molecule has 0 saturated carbocycles. The van der Waals surface area contributed by atoms with Gasteiger partial charge in [0.15, 0.2) is 0 Å². The molecule has 1 amide bonds. The average molecular weight is 414 g/mol. The van der Waals surface area contributed by atoms with Crippen LogP contribution in [0.3, 0.4) is 0 Å². The molecule has 0 aromatic heterocycles. The molecule has 0 unspecified atom stereocenters. The molecule has 1 aliphatic rings. The van der Waals surface area contributed by atoms with Gasteiger partial charge in [-0.25, -0.2) is 4.79 Å². The number of unbranched alkanes of at least 4 members (excludes halogenated alkanes) is 12. The normalized spacial score (nSPS) is 24.0. The van der Waals surface area contributed by atoms with Gasteiger partial charge in [0, 0.05) is 6.54 Å². The highest BCUT2D eigenvalue weighted by Crippen LogP contribution is 2.37. The lowest BCUT2D eigenvalue weighted by molar-refractivity contribution is -0.125. The van der Waals surface area contributed by atoms with Gasteiger partial charge in [-0.15, -0.1) is 0 Å². The highest BCUT2D eigenvalue weighted by atomic mass is 16.6. The third-order valence-electron chi connectivity index (χ3n) is 6.07. The van der Waals surface area contributed by atoms with E-state index in [9.17, 15) is 9.90 Å². The van der Waals surface area contributed by atoms with Crippen molar-refractivity contribution in [3.8, 4) is 0 Å². The summed E-state index contributed by atoms with van der Waals surface area (Å²) >= 11 is 0. The molecule has 1 heterocycles. The van der Waals surface area contributed by atoms with Crippen LogP contribution in [0, 0.1) is 0 Å². The van der Waals surface area contributed by atoms with Crippen LogP contribution in [-0.2, 0) is 9.47 Å². The Morgan fingerprint density at radius 1 is 0.862 bits per heavy atom. The van der Waals surface area contributed by atoms with E-state index in [1.807, 2.05) is 13.8 Å². The van der Waals surface area contributed by atoms with Crippen molar-refractivity contribution in [2.75, 3.05) is 19.8 Å². The van der Waals surface area contributed by atoms with E-state index in [2.05, 4.69) is 12.2 Å². The van der Waals surface area contributed by atoms with Crippen LogP contribution in [0.25, 0.3) is 0 Å². The number of rotatable bonds is 17. The van der Waals surface area contributed by atoms with E-state index >= 15 is 0 Å². The van der Waals surface area contributed by atoms with E-state index in [0.29, 0.717) is 6.54 Å². The zero-order valence-corrected chi connectivity index (χ0v) is 19.4. The lowest BCUT2D eigenvalue weighted by atomic mass is 9.99. The fourth-order valence-electron chi connectivity index (χ4n) is 4.04. The van der Waals surface area contributed by atoms with E-state index in [4.69, 9.17) is 9.47 Å². The van der Waals surface area contributed by atoms with E-state index in [1.165, 1.54) is 70.6 Å². The number of carbonyl (C=O) groups is 1. The standard InChI is InChI=1S/C24H47NO4/c1-4-5-6-7-8-9-10-11-12-13-14-15-16-19-25-22(27)28-21-24(3)18-17-23(2,20-26)29-24/h26H,4-21H2,1-3H3,(H,25,27)/t23-,24+/m0/s1. The van der Waals surface area contributed by atoms with E-state index in [-0.39, 0.29) is 19.3 Å².